The molecule has 1 rings (SSSR count). The zero-order chi connectivity index (χ0) is 15.5. The number of hydrogen-bond acceptors (Lipinski definition) is 2. The predicted octanol–water partition coefficient (Wildman–Crippen LogP) is 3.31. The molecule has 7 heteroatoms. The number of anilines is 1. The Labute approximate surface area is 124 Å². The first-order chi connectivity index (χ1) is 9.20. The van der Waals surface area contributed by atoms with E-state index in [4.69, 9.17) is 5.11 Å². The van der Waals surface area contributed by atoms with E-state index in [1.165, 1.54) is 26.0 Å². The number of halogens is 2. The molecule has 2 N–H and O–H groups in total. The van der Waals surface area contributed by atoms with Gasteiger partial charge < -0.3 is 15.3 Å². The second-order valence-electron chi connectivity index (χ2n) is 4.67. The van der Waals surface area contributed by atoms with E-state index in [1.807, 2.05) is 0 Å². The van der Waals surface area contributed by atoms with Crippen LogP contribution in [0, 0.1) is 5.82 Å². The lowest BCUT2D eigenvalue weighted by Crippen LogP contribution is -2.54. The molecule has 5 nitrogen and oxygen atoms in total. The van der Waals surface area contributed by atoms with Crippen molar-refractivity contribution in [1.29, 1.82) is 0 Å². The van der Waals surface area contributed by atoms with Gasteiger partial charge in [-0.05, 0) is 54.9 Å². The first kappa shape index (κ1) is 16.4. The van der Waals surface area contributed by atoms with Gasteiger partial charge in [0.05, 0.1) is 4.47 Å². The lowest BCUT2D eigenvalue weighted by Gasteiger charge is -2.34. The SMILES string of the molecule is CCN(C(=O)Nc1ccc(Br)c(F)c1)C(C)(C)C(=O)O. The van der Waals surface area contributed by atoms with Crippen molar-refractivity contribution in [2.75, 3.05) is 11.9 Å². The number of nitrogens with one attached hydrogen (secondary N) is 1. The van der Waals surface area contributed by atoms with E-state index in [1.54, 1.807) is 6.92 Å². The van der Waals surface area contributed by atoms with Crippen molar-refractivity contribution < 1.29 is 19.1 Å². The van der Waals surface area contributed by atoms with Crippen molar-refractivity contribution in [2.45, 2.75) is 26.3 Å². The van der Waals surface area contributed by atoms with E-state index in [0.717, 1.165) is 11.0 Å². The highest BCUT2D eigenvalue weighted by Gasteiger charge is 2.36. The van der Waals surface area contributed by atoms with Crippen molar-refractivity contribution in [1.82, 2.24) is 4.90 Å². The maximum Gasteiger partial charge on any atom is 0.329 e. The number of benzene rings is 1. The molecule has 0 saturated carbocycles. The van der Waals surface area contributed by atoms with Gasteiger partial charge in [0.25, 0.3) is 0 Å². The van der Waals surface area contributed by atoms with Crippen LogP contribution in [0.5, 0.6) is 0 Å². The maximum atomic E-state index is 13.4. The van der Waals surface area contributed by atoms with E-state index in [2.05, 4.69) is 21.2 Å². The third-order valence-electron chi connectivity index (χ3n) is 2.93. The molecule has 1 aromatic rings. The fourth-order valence-corrected chi connectivity index (χ4v) is 1.92. The summed E-state index contributed by atoms with van der Waals surface area (Å²) in [6.07, 6.45) is 0. The molecule has 0 spiro atoms. The van der Waals surface area contributed by atoms with Gasteiger partial charge in [-0.1, -0.05) is 0 Å². The number of carboxylic acid groups (broad SMARTS) is 1. The lowest BCUT2D eigenvalue weighted by molar-refractivity contribution is -0.147. The number of likely N-dealkylation sites (N-methyl/N-ethyl adjacent to an activating group) is 1. The van der Waals surface area contributed by atoms with Gasteiger partial charge in [-0.25, -0.2) is 14.0 Å². The third kappa shape index (κ3) is 3.47. The number of carbonyl (C=O) groups is 2. The summed E-state index contributed by atoms with van der Waals surface area (Å²) in [5, 5.41) is 11.6. The lowest BCUT2D eigenvalue weighted by atomic mass is 10.0. The summed E-state index contributed by atoms with van der Waals surface area (Å²) in [6, 6.07) is 3.54. The van der Waals surface area contributed by atoms with Crippen molar-refractivity contribution in [2.24, 2.45) is 0 Å². The van der Waals surface area contributed by atoms with E-state index in [0.29, 0.717) is 0 Å². The van der Waals surface area contributed by atoms with E-state index in [9.17, 15) is 14.0 Å². The van der Waals surface area contributed by atoms with Gasteiger partial charge in [0.15, 0.2) is 0 Å². The topological polar surface area (TPSA) is 69.6 Å². The molecule has 0 fully saturated rings. The molecule has 0 aliphatic heterocycles. The Balaban J connectivity index is 2.93. The molecule has 0 aliphatic carbocycles. The van der Waals surface area contributed by atoms with Crippen LogP contribution in [0.1, 0.15) is 20.8 Å². The highest BCUT2D eigenvalue weighted by Crippen LogP contribution is 2.21. The van der Waals surface area contributed by atoms with Crippen LogP contribution in [0.25, 0.3) is 0 Å². The molecule has 1 aromatic carbocycles. The summed E-state index contributed by atoms with van der Waals surface area (Å²) in [5.74, 6) is -1.63. The molecular weight excluding hydrogens is 331 g/mol. The van der Waals surface area contributed by atoms with Gasteiger partial charge in [-0.2, -0.15) is 0 Å². The van der Waals surface area contributed by atoms with E-state index >= 15 is 0 Å². The molecule has 0 saturated heterocycles. The number of nitrogens with zero attached hydrogens (tertiary/aromatic N) is 1. The van der Waals surface area contributed by atoms with E-state index in [-0.39, 0.29) is 16.7 Å². The predicted molar refractivity (Wildman–Crippen MR) is 77.2 cm³/mol. The maximum absolute atomic E-state index is 13.4. The molecule has 0 atom stereocenters. The van der Waals surface area contributed by atoms with Crippen LogP contribution in [-0.2, 0) is 4.79 Å². The van der Waals surface area contributed by atoms with Gasteiger partial charge >= 0.3 is 12.0 Å². The molecule has 0 bridgehead atoms. The second kappa shape index (κ2) is 6.21. The average Bonchev–Trinajstić information content (AvgIpc) is 2.34. The number of amides is 2. The third-order valence-corrected chi connectivity index (χ3v) is 3.57. The van der Waals surface area contributed by atoms with Crippen LogP contribution in [0.2, 0.25) is 0 Å². The number of carbonyl (C=O) groups excluding carboxylic acids is 1. The average molecular weight is 347 g/mol. The van der Waals surface area contributed by atoms with Crippen LogP contribution < -0.4 is 5.32 Å². The summed E-state index contributed by atoms with van der Waals surface area (Å²) in [4.78, 5) is 24.5. The number of urea groups is 1. The van der Waals surface area contributed by atoms with Crippen LogP contribution in [0.3, 0.4) is 0 Å². The van der Waals surface area contributed by atoms with Crippen LogP contribution in [0.15, 0.2) is 22.7 Å². The molecule has 110 valence electrons. The summed E-state index contributed by atoms with van der Waals surface area (Å²) in [6.45, 7) is 4.75. The number of carboxylic acids is 1. The van der Waals surface area contributed by atoms with Crippen LogP contribution >= 0.6 is 15.9 Å². The van der Waals surface area contributed by atoms with Crippen molar-refractivity contribution >= 4 is 33.6 Å². The van der Waals surface area contributed by atoms with Crippen LogP contribution in [-0.4, -0.2) is 34.1 Å². The Morgan fingerprint density at radius 1 is 1.45 bits per heavy atom. The van der Waals surface area contributed by atoms with Crippen molar-refractivity contribution in [3.63, 3.8) is 0 Å². The van der Waals surface area contributed by atoms with Gasteiger partial charge in [-0.3, -0.25) is 0 Å². The molecular formula is C13H16BrFN2O3. The summed E-state index contributed by atoms with van der Waals surface area (Å²) < 4.78 is 13.7. The van der Waals surface area contributed by atoms with E-state index < -0.39 is 23.4 Å². The zero-order valence-electron chi connectivity index (χ0n) is 11.4. The largest absolute Gasteiger partial charge is 0.480 e. The zero-order valence-corrected chi connectivity index (χ0v) is 13.0. The Morgan fingerprint density at radius 3 is 2.50 bits per heavy atom. The quantitative estimate of drug-likeness (QED) is 0.878. The first-order valence-corrected chi connectivity index (χ1v) is 6.76. The van der Waals surface area contributed by atoms with Gasteiger partial charge in [0.2, 0.25) is 0 Å². The highest BCUT2D eigenvalue weighted by molar-refractivity contribution is 9.10. The molecule has 0 unspecified atom stereocenters. The normalized spacial score (nSPS) is 11.1. The standard InChI is InChI=1S/C13H16BrFN2O3/c1-4-17(13(2,3)11(18)19)12(20)16-8-5-6-9(14)10(15)7-8/h5-7H,4H2,1-3H3,(H,16,20)(H,18,19). The Bertz CT molecular complexity index is 534. The molecule has 0 heterocycles. The summed E-state index contributed by atoms with van der Waals surface area (Å²) in [5.41, 5.74) is -1.09. The Kier molecular flexibility index (Phi) is 5.10. The van der Waals surface area contributed by atoms with Gasteiger partial charge in [0, 0.05) is 12.2 Å². The monoisotopic (exact) mass is 346 g/mol. The Morgan fingerprint density at radius 2 is 2.05 bits per heavy atom. The molecule has 2 amide bonds. The van der Waals surface area contributed by atoms with Gasteiger partial charge in [-0.15, -0.1) is 0 Å². The minimum Gasteiger partial charge on any atom is -0.480 e. The molecule has 0 aliphatic rings. The second-order valence-corrected chi connectivity index (χ2v) is 5.52. The number of aliphatic carboxylic acids is 1. The molecule has 0 radical (unpaired) electrons. The number of rotatable bonds is 4. The minimum atomic E-state index is -1.35. The summed E-state index contributed by atoms with van der Waals surface area (Å²) in [7, 11) is 0. The minimum absolute atomic E-state index is 0.212. The molecule has 0 aromatic heterocycles. The fraction of sp³-hybridized carbons (Fsp3) is 0.385. The smallest absolute Gasteiger partial charge is 0.329 e. The van der Waals surface area contributed by atoms with Crippen molar-refractivity contribution in [3.05, 3.63) is 28.5 Å². The fourth-order valence-electron chi connectivity index (χ4n) is 1.67. The Hall–Kier alpha value is -1.63. The number of hydrogen-bond donors (Lipinski definition) is 2. The highest BCUT2D eigenvalue weighted by atomic mass is 79.9. The summed E-state index contributed by atoms with van der Waals surface area (Å²) >= 11 is 3.01. The molecule has 20 heavy (non-hydrogen) atoms. The van der Waals surface area contributed by atoms with Gasteiger partial charge in [0.1, 0.15) is 11.4 Å². The van der Waals surface area contributed by atoms with Crippen molar-refractivity contribution in [3.8, 4) is 0 Å². The van der Waals surface area contributed by atoms with Crippen LogP contribution in [0.4, 0.5) is 14.9 Å². The first-order valence-electron chi connectivity index (χ1n) is 5.97.